The smallest absolute Gasteiger partial charge is 0.145 e. The summed E-state index contributed by atoms with van der Waals surface area (Å²) in [5.74, 6) is 1.56. The Kier molecular flexibility index (Phi) is 4.53. The molecule has 0 bridgehead atoms. The fourth-order valence-electron chi connectivity index (χ4n) is 1.81. The zero-order chi connectivity index (χ0) is 13.7. The van der Waals surface area contributed by atoms with Gasteiger partial charge in [-0.2, -0.15) is 0 Å². The molecule has 0 aliphatic heterocycles. The predicted molar refractivity (Wildman–Crippen MR) is 77.4 cm³/mol. The first-order valence-corrected chi connectivity index (χ1v) is 6.71. The van der Waals surface area contributed by atoms with Crippen molar-refractivity contribution in [3.8, 4) is 11.5 Å². The Balaban J connectivity index is 2.06. The van der Waals surface area contributed by atoms with Crippen molar-refractivity contribution in [1.82, 2.24) is 4.98 Å². The van der Waals surface area contributed by atoms with E-state index in [2.05, 4.69) is 24.0 Å². The molecule has 1 aromatic carbocycles. The van der Waals surface area contributed by atoms with Gasteiger partial charge < -0.3 is 10.5 Å². The average molecular weight is 256 g/mol. The lowest BCUT2D eigenvalue weighted by Crippen LogP contribution is -2.10. The maximum absolute atomic E-state index is 5.93. The van der Waals surface area contributed by atoms with Gasteiger partial charge in [0.05, 0.1) is 11.9 Å². The number of hydrogen-bond acceptors (Lipinski definition) is 3. The monoisotopic (exact) mass is 256 g/mol. The molecule has 0 fully saturated rings. The third kappa shape index (κ3) is 3.55. The Hall–Kier alpha value is -1.87. The lowest BCUT2D eigenvalue weighted by molar-refractivity contribution is 0.478. The molecule has 0 spiro atoms. The topological polar surface area (TPSA) is 48.1 Å². The third-order valence-corrected chi connectivity index (χ3v) is 3.15. The van der Waals surface area contributed by atoms with E-state index in [4.69, 9.17) is 10.5 Å². The normalized spacial score (nSPS) is 12.2. The van der Waals surface area contributed by atoms with Gasteiger partial charge in [-0.1, -0.05) is 26.0 Å². The highest BCUT2D eigenvalue weighted by atomic mass is 16.5. The molecule has 2 aromatic rings. The van der Waals surface area contributed by atoms with Crippen LogP contribution in [0.4, 0.5) is 0 Å². The van der Waals surface area contributed by atoms with Crippen molar-refractivity contribution in [2.75, 3.05) is 0 Å². The number of ether oxygens (including phenoxy) is 1. The first-order chi connectivity index (χ1) is 9.22. The summed E-state index contributed by atoms with van der Waals surface area (Å²) in [4.78, 5) is 4.33. The molecule has 3 nitrogen and oxygen atoms in total. The van der Waals surface area contributed by atoms with Crippen LogP contribution in [-0.4, -0.2) is 4.98 Å². The van der Waals surface area contributed by atoms with Crippen molar-refractivity contribution in [1.29, 1.82) is 0 Å². The Morgan fingerprint density at radius 1 is 1.05 bits per heavy atom. The summed E-state index contributed by atoms with van der Waals surface area (Å²) >= 11 is 0. The van der Waals surface area contributed by atoms with Gasteiger partial charge in [0.2, 0.25) is 0 Å². The van der Waals surface area contributed by atoms with Crippen LogP contribution in [0.2, 0.25) is 0 Å². The number of nitrogens with two attached hydrogens (primary N) is 1. The van der Waals surface area contributed by atoms with Crippen LogP contribution in [0.5, 0.6) is 11.5 Å². The number of pyridine rings is 1. The van der Waals surface area contributed by atoms with Crippen LogP contribution >= 0.6 is 0 Å². The van der Waals surface area contributed by atoms with E-state index in [1.807, 2.05) is 31.2 Å². The second kappa shape index (κ2) is 6.34. The van der Waals surface area contributed by atoms with E-state index in [1.54, 1.807) is 6.20 Å². The minimum atomic E-state index is -0.00196. The minimum absolute atomic E-state index is 0.00196. The van der Waals surface area contributed by atoms with Crippen molar-refractivity contribution in [2.45, 2.75) is 32.7 Å². The summed E-state index contributed by atoms with van der Waals surface area (Å²) in [5, 5.41) is 0. The van der Waals surface area contributed by atoms with Gasteiger partial charge in [-0.15, -0.1) is 0 Å². The molecule has 0 aliphatic carbocycles. The molecule has 2 rings (SSSR count). The van der Waals surface area contributed by atoms with Crippen LogP contribution in [0.15, 0.2) is 42.6 Å². The highest BCUT2D eigenvalue weighted by Gasteiger charge is 2.05. The van der Waals surface area contributed by atoms with E-state index in [0.717, 1.165) is 30.0 Å². The maximum atomic E-state index is 5.93. The van der Waals surface area contributed by atoms with Gasteiger partial charge in [0.15, 0.2) is 0 Å². The van der Waals surface area contributed by atoms with Crippen molar-refractivity contribution in [3.05, 3.63) is 53.9 Å². The van der Waals surface area contributed by atoms with E-state index < -0.39 is 0 Å². The van der Waals surface area contributed by atoms with Crippen LogP contribution in [0, 0.1) is 0 Å². The molecule has 3 heteroatoms. The highest BCUT2D eigenvalue weighted by Crippen LogP contribution is 2.22. The molecule has 0 radical (unpaired) electrons. The highest BCUT2D eigenvalue weighted by molar-refractivity contribution is 5.32. The summed E-state index contributed by atoms with van der Waals surface area (Å²) in [5.41, 5.74) is 8.13. The zero-order valence-electron chi connectivity index (χ0n) is 11.5. The fourth-order valence-corrected chi connectivity index (χ4v) is 1.81. The summed E-state index contributed by atoms with van der Waals surface area (Å²) in [7, 11) is 0. The number of aryl methyl sites for hydroxylation is 1. The van der Waals surface area contributed by atoms with Crippen LogP contribution in [0.3, 0.4) is 0 Å². The predicted octanol–water partition coefficient (Wildman–Crippen LogP) is 3.85. The van der Waals surface area contributed by atoms with E-state index >= 15 is 0 Å². The lowest BCUT2D eigenvalue weighted by Gasteiger charge is -2.10. The first-order valence-electron chi connectivity index (χ1n) is 6.71. The molecule has 2 N–H and O–H groups in total. The number of aromatic nitrogens is 1. The van der Waals surface area contributed by atoms with E-state index in [9.17, 15) is 0 Å². The van der Waals surface area contributed by atoms with Crippen molar-refractivity contribution in [3.63, 3.8) is 0 Å². The van der Waals surface area contributed by atoms with Gasteiger partial charge in [0.25, 0.3) is 0 Å². The van der Waals surface area contributed by atoms with Gasteiger partial charge in [0.1, 0.15) is 11.5 Å². The first kappa shape index (κ1) is 13.6. The molecule has 0 saturated carbocycles. The van der Waals surface area contributed by atoms with E-state index in [0.29, 0.717) is 0 Å². The maximum Gasteiger partial charge on any atom is 0.145 e. The van der Waals surface area contributed by atoms with Gasteiger partial charge >= 0.3 is 0 Å². The van der Waals surface area contributed by atoms with Gasteiger partial charge in [-0.25, -0.2) is 0 Å². The van der Waals surface area contributed by atoms with E-state index in [1.165, 1.54) is 5.56 Å². The molecule has 1 heterocycles. The SMILES string of the molecule is CCc1ccc(Oc2ccc(C(N)CC)nc2)cc1. The summed E-state index contributed by atoms with van der Waals surface area (Å²) in [6.45, 7) is 4.18. The van der Waals surface area contributed by atoms with Crippen LogP contribution in [0.1, 0.15) is 37.6 Å². The lowest BCUT2D eigenvalue weighted by atomic mass is 10.1. The Morgan fingerprint density at radius 3 is 2.26 bits per heavy atom. The van der Waals surface area contributed by atoms with Crippen LogP contribution < -0.4 is 10.5 Å². The summed E-state index contributed by atoms with van der Waals surface area (Å²) < 4.78 is 5.74. The molecular weight excluding hydrogens is 236 g/mol. The minimum Gasteiger partial charge on any atom is -0.456 e. The van der Waals surface area contributed by atoms with Crippen molar-refractivity contribution < 1.29 is 4.74 Å². The Bertz CT molecular complexity index is 505. The summed E-state index contributed by atoms with van der Waals surface area (Å²) in [6, 6.07) is 11.9. The second-order valence-corrected chi connectivity index (χ2v) is 4.53. The van der Waals surface area contributed by atoms with Crippen molar-refractivity contribution >= 4 is 0 Å². The van der Waals surface area contributed by atoms with Gasteiger partial charge in [0, 0.05) is 6.04 Å². The van der Waals surface area contributed by atoms with Crippen LogP contribution in [0.25, 0.3) is 0 Å². The Morgan fingerprint density at radius 2 is 1.74 bits per heavy atom. The fraction of sp³-hybridized carbons (Fsp3) is 0.312. The standard InChI is InChI=1S/C16H20N2O/c1-3-12-5-7-13(8-6-12)19-14-9-10-16(18-11-14)15(17)4-2/h5-11,15H,3-4,17H2,1-2H3. The number of hydrogen-bond donors (Lipinski definition) is 1. The zero-order valence-corrected chi connectivity index (χ0v) is 11.5. The van der Waals surface area contributed by atoms with Gasteiger partial charge in [-0.3, -0.25) is 4.98 Å². The molecule has 19 heavy (non-hydrogen) atoms. The Labute approximate surface area is 114 Å². The number of rotatable bonds is 5. The molecule has 100 valence electrons. The second-order valence-electron chi connectivity index (χ2n) is 4.53. The molecule has 1 atom stereocenters. The average Bonchev–Trinajstić information content (AvgIpc) is 2.48. The molecule has 0 saturated heterocycles. The molecular formula is C16H20N2O. The van der Waals surface area contributed by atoms with Gasteiger partial charge in [-0.05, 0) is 42.7 Å². The summed E-state index contributed by atoms with van der Waals surface area (Å²) in [6.07, 6.45) is 3.63. The quantitative estimate of drug-likeness (QED) is 0.884. The van der Waals surface area contributed by atoms with Crippen LogP contribution in [-0.2, 0) is 6.42 Å². The largest absolute Gasteiger partial charge is 0.456 e. The molecule has 0 aliphatic rings. The van der Waals surface area contributed by atoms with Crippen molar-refractivity contribution in [2.24, 2.45) is 5.73 Å². The van der Waals surface area contributed by atoms with E-state index in [-0.39, 0.29) is 6.04 Å². The molecule has 1 unspecified atom stereocenters. The molecule has 0 amide bonds. The number of benzene rings is 1. The molecule has 1 aromatic heterocycles. The third-order valence-electron chi connectivity index (χ3n) is 3.15. The number of nitrogens with zero attached hydrogens (tertiary/aromatic N) is 1.